The molecule has 8 aromatic carbocycles. The zero-order valence-corrected chi connectivity index (χ0v) is 30.0. The van der Waals surface area contributed by atoms with Gasteiger partial charge in [0.25, 0.3) is 0 Å². The Kier molecular flexibility index (Phi) is 7.55. The second kappa shape index (κ2) is 12.9. The van der Waals surface area contributed by atoms with Gasteiger partial charge in [0.2, 0.25) is 0 Å². The zero-order valence-electron chi connectivity index (χ0n) is 29.2. The Balaban J connectivity index is 1.00. The van der Waals surface area contributed by atoms with Gasteiger partial charge in [-0.2, -0.15) is 0 Å². The maximum atomic E-state index is 2.36. The maximum Gasteiger partial charge on any atom is 0.0700 e. The molecule has 53 heavy (non-hydrogen) atoms. The summed E-state index contributed by atoms with van der Waals surface area (Å²) >= 11 is 1.88. The first-order valence-electron chi connectivity index (χ1n) is 18.0. The highest BCUT2D eigenvalue weighted by atomic mass is 32.1. The van der Waals surface area contributed by atoms with Crippen molar-refractivity contribution in [1.29, 1.82) is 0 Å². The largest absolute Gasteiger partial charge is 0.341 e. The third-order valence-electron chi connectivity index (χ3n) is 10.4. The van der Waals surface area contributed by atoms with E-state index in [0.29, 0.717) is 0 Å². The topological polar surface area (TPSA) is 9.72 Å². The highest BCUT2D eigenvalue weighted by Gasteiger charge is 2.27. The molecule has 4 heteroatoms. The lowest BCUT2D eigenvalue weighted by Gasteiger charge is -2.38. The standard InChI is InChI=1S/C49H35N3S/c1-50-44-20-9-10-21-45(44)52(38-15-6-3-7-16-38)46-32-27-36(33-47(46)50)34-23-28-39(29-24-34)51(37-13-4-2-5-14-37)40-30-25-35(26-31-40)41-18-12-19-43-42-17-8-11-22-48(42)53-49(41)43/h2-33H,1H3. The van der Waals surface area contributed by atoms with Crippen molar-refractivity contribution >= 4 is 77.0 Å². The van der Waals surface area contributed by atoms with Gasteiger partial charge >= 0.3 is 0 Å². The van der Waals surface area contributed by atoms with Gasteiger partial charge in [-0.1, -0.05) is 115 Å². The van der Waals surface area contributed by atoms with Gasteiger partial charge in [-0.05, 0) is 101 Å². The average Bonchev–Trinajstić information content (AvgIpc) is 3.62. The molecule has 0 amide bonds. The predicted molar refractivity (Wildman–Crippen MR) is 228 cm³/mol. The van der Waals surface area contributed by atoms with E-state index in [0.717, 1.165) is 22.7 Å². The summed E-state index contributed by atoms with van der Waals surface area (Å²) < 4.78 is 2.66. The predicted octanol–water partition coefficient (Wildman–Crippen LogP) is 14.4. The lowest BCUT2D eigenvalue weighted by molar-refractivity contribution is 1.13. The third-order valence-corrected chi connectivity index (χ3v) is 11.6. The van der Waals surface area contributed by atoms with Crippen molar-refractivity contribution in [1.82, 2.24) is 0 Å². The van der Waals surface area contributed by atoms with E-state index in [4.69, 9.17) is 0 Å². The van der Waals surface area contributed by atoms with Crippen LogP contribution in [-0.2, 0) is 0 Å². The molecule has 1 aromatic heterocycles. The summed E-state index contributed by atoms with van der Waals surface area (Å²) in [5, 5.41) is 2.65. The van der Waals surface area contributed by atoms with Crippen LogP contribution in [0.4, 0.5) is 45.5 Å². The molecule has 3 nitrogen and oxygen atoms in total. The van der Waals surface area contributed by atoms with Crippen LogP contribution in [0.25, 0.3) is 42.4 Å². The summed E-state index contributed by atoms with van der Waals surface area (Å²) in [5.74, 6) is 0. The van der Waals surface area contributed by atoms with Gasteiger partial charge in [-0.3, -0.25) is 0 Å². The Bertz CT molecular complexity index is 2740. The molecular formula is C49H35N3S. The fourth-order valence-electron chi connectivity index (χ4n) is 7.80. The molecule has 1 aliphatic rings. The van der Waals surface area contributed by atoms with Gasteiger partial charge in [-0.25, -0.2) is 0 Å². The number of anilines is 8. The number of fused-ring (bicyclic) bond motifs is 5. The third kappa shape index (κ3) is 5.35. The normalized spacial score (nSPS) is 12.2. The summed E-state index contributed by atoms with van der Waals surface area (Å²) in [6.07, 6.45) is 0. The molecule has 252 valence electrons. The van der Waals surface area contributed by atoms with E-state index in [1.165, 1.54) is 65.2 Å². The van der Waals surface area contributed by atoms with E-state index in [-0.39, 0.29) is 0 Å². The van der Waals surface area contributed by atoms with E-state index in [1.54, 1.807) is 0 Å². The number of benzene rings is 8. The second-order valence-electron chi connectivity index (χ2n) is 13.5. The Morgan fingerprint density at radius 3 is 1.74 bits per heavy atom. The number of nitrogens with zero attached hydrogens (tertiary/aromatic N) is 3. The van der Waals surface area contributed by atoms with Gasteiger partial charge in [0.15, 0.2) is 0 Å². The monoisotopic (exact) mass is 697 g/mol. The molecule has 0 bridgehead atoms. The first-order chi connectivity index (χ1) is 26.2. The minimum atomic E-state index is 1.11. The first kappa shape index (κ1) is 31.1. The molecule has 0 radical (unpaired) electrons. The molecule has 0 saturated carbocycles. The minimum Gasteiger partial charge on any atom is -0.341 e. The van der Waals surface area contributed by atoms with E-state index in [9.17, 15) is 0 Å². The van der Waals surface area contributed by atoms with Crippen LogP contribution in [0.1, 0.15) is 0 Å². The molecular weight excluding hydrogens is 663 g/mol. The van der Waals surface area contributed by atoms with Crippen LogP contribution in [0, 0.1) is 0 Å². The van der Waals surface area contributed by atoms with E-state index < -0.39 is 0 Å². The quantitative estimate of drug-likeness (QED) is 0.171. The Hall–Kier alpha value is -6.62. The van der Waals surface area contributed by atoms with Gasteiger partial charge < -0.3 is 14.7 Å². The van der Waals surface area contributed by atoms with Gasteiger partial charge in [0.1, 0.15) is 0 Å². The summed E-state index contributed by atoms with van der Waals surface area (Å²) in [4.78, 5) is 7.01. The van der Waals surface area contributed by atoms with Crippen LogP contribution in [0.5, 0.6) is 0 Å². The molecule has 10 rings (SSSR count). The summed E-state index contributed by atoms with van der Waals surface area (Å²) in [6, 6.07) is 70.1. The molecule has 0 fully saturated rings. The van der Waals surface area contributed by atoms with Crippen molar-refractivity contribution < 1.29 is 0 Å². The van der Waals surface area contributed by atoms with Gasteiger partial charge in [-0.15, -0.1) is 11.3 Å². The van der Waals surface area contributed by atoms with Crippen LogP contribution in [-0.4, -0.2) is 7.05 Å². The van der Waals surface area contributed by atoms with E-state index in [1.807, 2.05) is 11.3 Å². The summed E-state index contributed by atoms with van der Waals surface area (Å²) in [7, 11) is 2.17. The Morgan fingerprint density at radius 1 is 0.415 bits per heavy atom. The van der Waals surface area contributed by atoms with Gasteiger partial charge in [0, 0.05) is 50.0 Å². The molecule has 9 aromatic rings. The van der Waals surface area contributed by atoms with Crippen LogP contribution >= 0.6 is 11.3 Å². The van der Waals surface area contributed by atoms with Crippen molar-refractivity contribution in [3.63, 3.8) is 0 Å². The zero-order chi connectivity index (χ0) is 35.3. The van der Waals surface area contributed by atoms with E-state index in [2.05, 4.69) is 216 Å². The van der Waals surface area contributed by atoms with Crippen LogP contribution in [0.3, 0.4) is 0 Å². The molecule has 0 spiro atoms. The van der Waals surface area contributed by atoms with Crippen molar-refractivity contribution in [2.24, 2.45) is 0 Å². The van der Waals surface area contributed by atoms with Crippen LogP contribution < -0.4 is 14.7 Å². The SMILES string of the molecule is CN1c2ccccc2N(c2ccccc2)c2ccc(-c3ccc(N(c4ccccc4)c4ccc(-c5cccc6c5sc5ccccc56)cc4)cc3)cc21. The van der Waals surface area contributed by atoms with Crippen molar-refractivity contribution in [2.75, 3.05) is 21.7 Å². The fourth-order valence-corrected chi connectivity index (χ4v) is 9.04. The van der Waals surface area contributed by atoms with Crippen LogP contribution in [0.2, 0.25) is 0 Å². The summed E-state index contributed by atoms with van der Waals surface area (Å²) in [6.45, 7) is 0. The fraction of sp³-hybridized carbons (Fsp3) is 0.0204. The molecule has 0 atom stereocenters. The molecule has 0 N–H and O–H groups in total. The van der Waals surface area contributed by atoms with Crippen LogP contribution in [0.15, 0.2) is 194 Å². The lowest BCUT2D eigenvalue weighted by Crippen LogP contribution is -2.24. The molecule has 1 aliphatic heterocycles. The summed E-state index contributed by atoms with van der Waals surface area (Å²) in [5.41, 5.74) is 14.1. The van der Waals surface area contributed by atoms with E-state index >= 15 is 0 Å². The Morgan fingerprint density at radius 2 is 0.981 bits per heavy atom. The van der Waals surface area contributed by atoms with Crippen molar-refractivity contribution in [2.45, 2.75) is 0 Å². The number of rotatable bonds is 6. The smallest absolute Gasteiger partial charge is 0.0700 e. The Labute approximate surface area is 313 Å². The molecule has 0 unspecified atom stereocenters. The second-order valence-corrected chi connectivity index (χ2v) is 14.5. The minimum absolute atomic E-state index is 1.11. The number of para-hydroxylation sites is 4. The van der Waals surface area contributed by atoms with Crippen molar-refractivity contribution in [3.8, 4) is 22.3 Å². The highest BCUT2D eigenvalue weighted by molar-refractivity contribution is 7.26. The number of hydrogen-bond acceptors (Lipinski definition) is 4. The average molecular weight is 698 g/mol. The number of thiophene rings is 1. The molecule has 0 aliphatic carbocycles. The maximum absolute atomic E-state index is 2.36. The lowest BCUT2D eigenvalue weighted by atomic mass is 10.00. The van der Waals surface area contributed by atoms with Crippen molar-refractivity contribution in [3.05, 3.63) is 194 Å². The first-order valence-corrected chi connectivity index (χ1v) is 18.8. The highest BCUT2D eigenvalue weighted by Crippen LogP contribution is 2.51. The molecule has 0 saturated heterocycles. The van der Waals surface area contributed by atoms with Gasteiger partial charge in [0.05, 0.1) is 22.7 Å². The molecule has 2 heterocycles. The number of hydrogen-bond donors (Lipinski definition) is 0.